The minimum atomic E-state index is -4.72. The second kappa shape index (κ2) is 7.75. The van der Waals surface area contributed by atoms with Crippen molar-refractivity contribution in [2.24, 2.45) is 5.73 Å². The van der Waals surface area contributed by atoms with Gasteiger partial charge < -0.3 is 15.8 Å². The van der Waals surface area contributed by atoms with Crippen molar-refractivity contribution in [3.05, 3.63) is 33.6 Å². The summed E-state index contributed by atoms with van der Waals surface area (Å²) < 4.78 is 62.3. The minimum Gasteiger partial charge on any atom is -0.378 e. The number of piperidine rings is 1. The number of nitrogens with one attached hydrogen (secondary N) is 1. The molecule has 0 saturated carbocycles. The molecule has 0 aromatic heterocycles. The molecule has 1 amide bonds. The Morgan fingerprint density at radius 2 is 1.93 bits per heavy atom. The molecule has 0 spiro atoms. The Bertz CT molecular complexity index is 722. The van der Waals surface area contributed by atoms with Crippen LogP contribution in [0.4, 0.5) is 17.6 Å². The van der Waals surface area contributed by atoms with Crippen molar-refractivity contribution in [3.63, 3.8) is 0 Å². The van der Waals surface area contributed by atoms with Crippen molar-refractivity contribution in [3.8, 4) is 0 Å². The highest BCUT2D eigenvalue weighted by molar-refractivity contribution is 5.95. The van der Waals surface area contributed by atoms with Crippen molar-refractivity contribution >= 4 is 5.91 Å². The predicted molar refractivity (Wildman–Crippen MR) is 92.2 cm³/mol. The Hall–Kier alpha value is -1.67. The summed E-state index contributed by atoms with van der Waals surface area (Å²) >= 11 is 0. The number of carbonyl (C=O) groups is 1. The number of halogens is 4. The zero-order chi connectivity index (χ0) is 19.8. The summed E-state index contributed by atoms with van der Waals surface area (Å²) in [6, 6.07) is 0. The minimum absolute atomic E-state index is 0.0344. The van der Waals surface area contributed by atoms with Crippen molar-refractivity contribution in [2.75, 3.05) is 19.7 Å². The second-order valence-electron chi connectivity index (χ2n) is 7.31. The Balaban J connectivity index is 2.27. The van der Waals surface area contributed by atoms with Crippen LogP contribution in [0.15, 0.2) is 0 Å². The Morgan fingerprint density at radius 3 is 2.44 bits per heavy atom. The van der Waals surface area contributed by atoms with Crippen molar-refractivity contribution < 1.29 is 27.1 Å². The summed E-state index contributed by atoms with van der Waals surface area (Å²) in [6.07, 6.45) is -2.53. The van der Waals surface area contributed by atoms with E-state index in [9.17, 15) is 22.4 Å². The third-order valence-electron chi connectivity index (χ3n) is 5.55. The summed E-state index contributed by atoms with van der Waals surface area (Å²) in [5, 5.41) is 3.13. The van der Waals surface area contributed by atoms with Gasteiger partial charge >= 0.3 is 6.18 Å². The lowest BCUT2D eigenvalue weighted by atomic mass is 9.78. The van der Waals surface area contributed by atoms with Gasteiger partial charge in [-0.05, 0) is 74.7 Å². The molecule has 0 radical (unpaired) electrons. The first kappa shape index (κ1) is 20.1. The second-order valence-corrected chi connectivity index (χ2v) is 7.31. The van der Waals surface area contributed by atoms with E-state index in [-0.39, 0.29) is 23.7 Å². The van der Waals surface area contributed by atoms with Gasteiger partial charge in [-0.2, -0.15) is 13.2 Å². The standard InChI is InChI=1S/C19H24F4N2O2/c1-10-16(19(21,22)23)14(11-4-6-25-7-5-11)13(9-12-3-2-8-27-12)15(17(10)20)18(24)26/h11-12,25H,2-9H2,1H3,(H2,24,26). The van der Waals surface area contributed by atoms with Crippen LogP contribution >= 0.6 is 0 Å². The lowest BCUT2D eigenvalue weighted by Gasteiger charge is -2.31. The molecule has 0 aliphatic carbocycles. The number of nitrogens with two attached hydrogens (primary N) is 1. The Kier molecular flexibility index (Phi) is 5.76. The van der Waals surface area contributed by atoms with Crippen LogP contribution < -0.4 is 11.1 Å². The molecule has 3 N–H and O–H groups in total. The van der Waals surface area contributed by atoms with Crippen molar-refractivity contribution in [1.29, 1.82) is 0 Å². The SMILES string of the molecule is Cc1c(F)c(C(N)=O)c(CC2CCCO2)c(C2CCNCC2)c1C(F)(F)F. The van der Waals surface area contributed by atoms with E-state index in [0.29, 0.717) is 39.0 Å². The summed E-state index contributed by atoms with van der Waals surface area (Å²) in [5.74, 6) is -2.61. The van der Waals surface area contributed by atoms with Gasteiger partial charge in [0.15, 0.2) is 0 Å². The van der Waals surface area contributed by atoms with Crippen LogP contribution in [0.25, 0.3) is 0 Å². The number of alkyl halides is 3. The molecule has 2 heterocycles. The maximum Gasteiger partial charge on any atom is 0.417 e. The first-order valence-corrected chi connectivity index (χ1v) is 9.26. The van der Waals surface area contributed by atoms with Crippen LogP contribution in [-0.2, 0) is 17.3 Å². The third-order valence-corrected chi connectivity index (χ3v) is 5.55. The molecule has 3 rings (SSSR count). The molecule has 150 valence electrons. The number of carbonyl (C=O) groups excluding carboxylic acids is 1. The van der Waals surface area contributed by atoms with E-state index in [0.717, 1.165) is 13.3 Å². The van der Waals surface area contributed by atoms with Crippen LogP contribution in [0.3, 0.4) is 0 Å². The van der Waals surface area contributed by atoms with E-state index < -0.39 is 40.5 Å². The van der Waals surface area contributed by atoms with Crippen LogP contribution in [0, 0.1) is 12.7 Å². The third kappa shape index (κ3) is 3.96. The number of ether oxygens (including phenoxy) is 1. The van der Waals surface area contributed by atoms with Crippen molar-refractivity contribution in [2.45, 2.75) is 57.2 Å². The average molecular weight is 388 g/mol. The van der Waals surface area contributed by atoms with Crippen LogP contribution in [-0.4, -0.2) is 31.7 Å². The quantitative estimate of drug-likeness (QED) is 0.777. The zero-order valence-corrected chi connectivity index (χ0v) is 15.2. The molecule has 27 heavy (non-hydrogen) atoms. The molecule has 1 atom stereocenters. The van der Waals surface area contributed by atoms with Gasteiger partial charge in [-0.3, -0.25) is 4.79 Å². The number of hydrogen-bond acceptors (Lipinski definition) is 3. The van der Waals surface area contributed by atoms with E-state index >= 15 is 0 Å². The molecule has 1 aromatic rings. The van der Waals surface area contributed by atoms with Gasteiger partial charge in [-0.25, -0.2) is 4.39 Å². The summed E-state index contributed by atoms with van der Waals surface area (Å²) in [6.45, 7) is 2.73. The molecule has 1 unspecified atom stereocenters. The van der Waals surface area contributed by atoms with Gasteiger partial charge in [0.25, 0.3) is 5.91 Å². The molecule has 2 fully saturated rings. The highest BCUT2D eigenvalue weighted by atomic mass is 19.4. The van der Waals surface area contributed by atoms with E-state index in [1.54, 1.807) is 0 Å². The largest absolute Gasteiger partial charge is 0.417 e. The maximum absolute atomic E-state index is 14.9. The van der Waals surface area contributed by atoms with Gasteiger partial charge in [0.05, 0.1) is 17.2 Å². The fourth-order valence-corrected chi connectivity index (χ4v) is 4.35. The van der Waals surface area contributed by atoms with E-state index in [1.165, 1.54) is 0 Å². The topological polar surface area (TPSA) is 64.4 Å². The van der Waals surface area contributed by atoms with E-state index in [4.69, 9.17) is 10.5 Å². The molecule has 8 heteroatoms. The van der Waals surface area contributed by atoms with E-state index in [2.05, 4.69) is 5.32 Å². The van der Waals surface area contributed by atoms with Gasteiger partial charge in [0.2, 0.25) is 0 Å². The number of amides is 1. The molecular weight excluding hydrogens is 364 g/mol. The van der Waals surface area contributed by atoms with E-state index in [1.807, 2.05) is 0 Å². The molecular formula is C19H24F4N2O2. The van der Waals surface area contributed by atoms with Gasteiger partial charge in [-0.1, -0.05) is 0 Å². The van der Waals surface area contributed by atoms with Gasteiger partial charge in [-0.15, -0.1) is 0 Å². The molecule has 2 aliphatic rings. The van der Waals surface area contributed by atoms with Gasteiger partial charge in [0.1, 0.15) is 5.82 Å². The fourth-order valence-electron chi connectivity index (χ4n) is 4.35. The smallest absolute Gasteiger partial charge is 0.378 e. The van der Waals surface area contributed by atoms with Crippen LogP contribution in [0.2, 0.25) is 0 Å². The lowest BCUT2D eigenvalue weighted by molar-refractivity contribution is -0.139. The normalized spacial score (nSPS) is 21.6. The summed E-state index contributed by atoms with van der Waals surface area (Å²) in [5.41, 5.74) is 3.60. The fraction of sp³-hybridized carbons (Fsp3) is 0.632. The molecule has 2 saturated heterocycles. The lowest BCUT2D eigenvalue weighted by Crippen LogP contribution is -2.31. The summed E-state index contributed by atoms with van der Waals surface area (Å²) in [4.78, 5) is 12.0. The van der Waals surface area contributed by atoms with Gasteiger partial charge in [0, 0.05) is 6.61 Å². The number of benzene rings is 1. The Morgan fingerprint density at radius 1 is 1.26 bits per heavy atom. The maximum atomic E-state index is 14.9. The molecule has 0 bridgehead atoms. The highest BCUT2D eigenvalue weighted by Crippen LogP contribution is 2.44. The highest BCUT2D eigenvalue weighted by Gasteiger charge is 2.42. The van der Waals surface area contributed by atoms with Crippen LogP contribution in [0.5, 0.6) is 0 Å². The average Bonchev–Trinajstić information content (AvgIpc) is 3.10. The first-order valence-electron chi connectivity index (χ1n) is 9.26. The van der Waals surface area contributed by atoms with Crippen LogP contribution in [0.1, 0.15) is 64.2 Å². The van der Waals surface area contributed by atoms with Crippen molar-refractivity contribution in [1.82, 2.24) is 5.32 Å². The Labute approximate surface area is 155 Å². The molecule has 2 aliphatic heterocycles. The first-order chi connectivity index (χ1) is 12.7. The number of primary amides is 1. The predicted octanol–water partition coefficient (Wildman–Crippen LogP) is 3.44. The number of rotatable bonds is 4. The number of hydrogen-bond donors (Lipinski definition) is 2. The molecule has 4 nitrogen and oxygen atoms in total. The molecule has 1 aromatic carbocycles. The monoisotopic (exact) mass is 388 g/mol. The zero-order valence-electron chi connectivity index (χ0n) is 15.2. The summed E-state index contributed by atoms with van der Waals surface area (Å²) in [7, 11) is 0.